The summed E-state index contributed by atoms with van der Waals surface area (Å²) in [6.45, 7) is 1.57. The number of hydrogen-bond acceptors (Lipinski definition) is 3. The second-order valence-corrected chi connectivity index (χ2v) is 3.16. The van der Waals surface area contributed by atoms with Crippen LogP contribution in [-0.2, 0) is 4.79 Å². The Bertz CT molecular complexity index is 371. The fraction of sp³-hybridized carbons (Fsp3) is 0.200. The van der Waals surface area contributed by atoms with Crippen molar-refractivity contribution in [3.05, 3.63) is 29.8 Å². The number of carbonyl (C=O) groups excluding carboxylic acids is 1. The van der Waals surface area contributed by atoms with E-state index in [1.54, 1.807) is 6.92 Å². The SMILES string of the molecule is C[C@@H](N)C(=O)Nc1ccc(C(=O)O)cc1. The Morgan fingerprint density at radius 3 is 2.27 bits per heavy atom. The number of carbonyl (C=O) groups is 2. The van der Waals surface area contributed by atoms with Gasteiger partial charge < -0.3 is 16.2 Å². The van der Waals surface area contributed by atoms with Crippen LogP contribution in [0.3, 0.4) is 0 Å². The molecular formula is C10H12N2O3. The van der Waals surface area contributed by atoms with Crippen molar-refractivity contribution in [1.82, 2.24) is 0 Å². The molecule has 0 saturated carbocycles. The number of amides is 1. The number of anilines is 1. The fourth-order valence-corrected chi connectivity index (χ4v) is 0.952. The van der Waals surface area contributed by atoms with Gasteiger partial charge in [0.25, 0.3) is 0 Å². The molecule has 5 heteroatoms. The molecule has 0 aliphatic rings. The van der Waals surface area contributed by atoms with Crippen LogP contribution in [0.4, 0.5) is 5.69 Å². The van der Waals surface area contributed by atoms with E-state index in [2.05, 4.69) is 5.32 Å². The molecule has 0 aliphatic carbocycles. The van der Waals surface area contributed by atoms with Gasteiger partial charge in [-0.1, -0.05) is 0 Å². The number of nitrogens with one attached hydrogen (secondary N) is 1. The van der Waals surface area contributed by atoms with Gasteiger partial charge in [-0.15, -0.1) is 0 Å². The molecule has 1 aromatic carbocycles. The molecule has 0 saturated heterocycles. The minimum Gasteiger partial charge on any atom is -0.478 e. The lowest BCUT2D eigenvalue weighted by atomic mass is 10.2. The zero-order valence-corrected chi connectivity index (χ0v) is 8.23. The molecule has 0 fully saturated rings. The van der Waals surface area contributed by atoms with Crippen molar-refractivity contribution in [1.29, 1.82) is 0 Å². The summed E-state index contributed by atoms with van der Waals surface area (Å²) in [6, 6.07) is 5.27. The number of carboxylic acid groups (broad SMARTS) is 1. The lowest BCUT2D eigenvalue weighted by molar-refractivity contribution is -0.117. The molecule has 80 valence electrons. The molecule has 5 nitrogen and oxygen atoms in total. The molecule has 0 unspecified atom stereocenters. The monoisotopic (exact) mass is 208 g/mol. The van der Waals surface area contributed by atoms with Gasteiger partial charge in [0.2, 0.25) is 5.91 Å². The molecule has 1 rings (SSSR count). The van der Waals surface area contributed by atoms with Crippen molar-refractivity contribution >= 4 is 17.6 Å². The molecule has 0 heterocycles. The molecule has 0 radical (unpaired) electrons. The molecule has 0 bridgehead atoms. The number of hydrogen-bond donors (Lipinski definition) is 3. The molecule has 1 aromatic rings. The molecule has 1 amide bonds. The van der Waals surface area contributed by atoms with Crippen LogP contribution < -0.4 is 11.1 Å². The minimum absolute atomic E-state index is 0.175. The Morgan fingerprint density at radius 2 is 1.87 bits per heavy atom. The van der Waals surface area contributed by atoms with E-state index in [0.29, 0.717) is 5.69 Å². The third-order valence-corrected chi connectivity index (χ3v) is 1.81. The summed E-state index contributed by atoms with van der Waals surface area (Å²) in [5, 5.41) is 11.2. The minimum atomic E-state index is -1.000. The van der Waals surface area contributed by atoms with E-state index in [1.807, 2.05) is 0 Å². The third kappa shape index (κ3) is 3.07. The summed E-state index contributed by atoms with van der Waals surface area (Å²) in [5.41, 5.74) is 6.06. The summed E-state index contributed by atoms with van der Waals surface area (Å²) in [5.74, 6) is -1.31. The van der Waals surface area contributed by atoms with Gasteiger partial charge in [0.1, 0.15) is 0 Å². The summed E-state index contributed by atoms with van der Waals surface area (Å²) >= 11 is 0. The summed E-state index contributed by atoms with van der Waals surface area (Å²) in [7, 11) is 0. The topological polar surface area (TPSA) is 92.4 Å². The van der Waals surface area contributed by atoms with Gasteiger partial charge in [-0.25, -0.2) is 4.79 Å². The number of aromatic carboxylic acids is 1. The van der Waals surface area contributed by atoms with Gasteiger partial charge in [0.05, 0.1) is 11.6 Å². The van der Waals surface area contributed by atoms with E-state index in [9.17, 15) is 9.59 Å². The van der Waals surface area contributed by atoms with Gasteiger partial charge in [-0.2, -0.15) is 0 Å². The summed E-state index contributed by atoms with van der Waals surface area (Å²) < 4.78 is 0. The Hall–Kier alpha value is -1.88. The average Bonchev–Trinajstić information content (AvgIpc) is 2.18. The van der Waals surface area contributed by atoms with Gasteiger partial charge in [0.15, 0.2) is 0 Å². The van der Waals surface area contributed by atoms with E-state index in [4.69, 9.17) is 10.8 Å². The van der Waals surface area contributed by atoms with E-state index >= 15 is 0 Å². The van der Waals surface area contributed by atoms with E-state index in [-0.39, 0.29) is 11.5 Å². The maximum absolute atomic E-state index is 11.2. The van der Waals surface area contributed by atoms with Crippen molar-refractivity contribution < 1.29 is 14.7 Å². The van der Waals surface area contributed by atoms with Gasteiger partial charge >= 0.3 is 5.97 Å². The molecule has 1 atom stereocenters. The Morgan fingerprint density at radius 1 is 1.33 bits per heavy atom. The maximum atomic E-state index is 11.2. The van der Waals surface area contributed by atoms with Crippen LogP contribution in [0, 0.1) is 0 Å². The van der Waals surface area contributed by atoms with Crippen molar-refractivity contribution in [2.45, 2.75) is 13.0 Å². The number of carboxylic acids is 1. The molecule has 0 aliphatic heterocycles. The predicted molar refractivity (Wildman–Crippen MR) is 55.7 cm³/mol. The molecule has 15 heavy (non-hydrogen) atoms. The van der Waals surface area contributed by atoms with Crippen LogP contribution in [0.15, 0.2) is 24.3 Å². The van der Waals surface area contributed by atoms with Crippen LogP contribution >= 0.6 is 0 Å². The first-order valence-corrected chi connectivity index (χ1v) is 4.40. The third-order valence-electron chi connectivity index (χ3n) is 1.81. The van der Waals surface area contributed by atoms with E-state index in [0.717, 1.165) is 0 Å². The van der Waals surface area contributed by atoms with Gasteiger partial charge in [-0.3, -0.25) is 4.79 Å². The van der Waals surface area contributed by atoms with Crippen LogP contribution in [0.25, 0.3) is 0 Å². The van der Waals surface area contributed by atoms with E-state index < -0.39 is 12.0 Å². The summed E-state index contributed by atoms with van der Waals surface area (Å²) in [4.78, 5) is 21.7. The van der Waals surface area contributed by atoms with E-state index in [1.165, 1.54) is 24.3 Å². The highest BCUT2D eigenvalue weighted by atomic mass is 16.4. The van der Waals surface area contributed by atoms with Gasteiger partial charge in [0, 0.05) is 5.69 Å². The van der Waals surface area contributed by atoms with Crippen molar-refractivity contribution in [3.8, 4) is 0 Å². The highest BCUT2D eigenvalue weighted by Gasteiger charge is 2.07. The smallest absolute Gasteiger partial charge is 0.335 e. The zero-order chi connectivity index (χ0) is 11.4. The number of rotatable bonds is 3. The first-order valence-electron chi connectivity index (χ1n) is 4.40. The number of nitrogens with two attached hydrogens (primary N) is 1. The second kappa shape index (κ2) is 4.56. The average molecular weight is 208 g/mol. The summed E-state index contributed by atoms with van der Waals surface area (Å²) in [6.07, 6.45) is 0. The normalized spacial score (nSPS) is 11.9. The lowest BCUT2D eigenvalue weighted by Gasteiger charge is -2.07. The maximum Gasteiger partial charge on any atom is 0.335 e. The highest BCUT2D eigenvalue weighted by Crippen LogP contribution is 2.09. The van der Waals surface area contributed by atoms with Crippen LogP contribution in [0.2, 0.25) is 0 Å². The van der Waals surface area contributed by atoms with Gasteiger partial charge in [-0.05, 0) is 31.2 Å². The van der Waals surface area contributed by atoms with Crippen molar-refractivity contribution in [3.63, 3.8) is 0 Å². The second-order valence-electron chi connectivity index (χ2n) is 3.16. The highest BCUT2D eigenvalue weighted by molar-refractivity contribution is 5.95. The Kier molecular flexibility index (Phi) is 3.41. The van der Waals surface area contributed by atoms with Crippen LogP contribution in [0.5, 0.6) is 0 Å². The molecule has 0 spiro atoms. The van der Waals surface area contributed by atoms with Crippen molar-refractivity contribution in [2.75, 3.05) is 5.32 Å². The lowest BCUT2D eigenvalue weighted by Crippen LogP contribution is -2.32. The zero-order valence-electron chi connectivity index (χ0n) is 8.23. The number of benzene rings is 1. The molecular weight excluding hydrogens is 196 g/mol. The first kappa shape index (κ1) is 11.2. The Labute approximate surface area is 86.9 Å². The first-order chi connectivity index (χ1) is 7.00. The quantitative estimate of drug-likeness (QED) is 0.680. The Balaban J connectivity index is 2.73. The molecule has 4 N–H and O–H groups in total. The van der Waals surface area contributed by atoms with Crippen molar-refractivity contribution in [2.24, 2.45) is 5.73 Å². The standard InChI is InChI=1S/C10H12N2O3/c1-6(11)9(13)12-8-4-2-7(3-5-8)10(14)15/h2-6H,11H2,1H3,(H,12,13)(H,14,15)/t6-/m1/s1. The largest absolute Gasteiger partial charge is 0.478 e. The molecule has 0 aromatic heterocycles. The van der Waals surface area contributed by atoms with Crippen LogP contribution in [0.1, 0.15) is 17.3 Å². The van der Waals surface area contributed by atoms with Crippen LogP contribution in [-0.4, -0.2) is 23.0 Å². The fourth-order valence-electron chi connectivity index (χ4n) is 0.952. The predicted octanol–water partition coefficient (Wildman–Crippen LogP) is 0.670.